The lowest BCUT2D eigenvalue weighted by atomic mass is 9.99. The number of amides is 1. The first kappa shape index (κ1) is 21.7. The lowest BCUT2D eigenvalue weighted by Crippen LogP contribution is -2.28. The predicted octanol–water partition coefficient (Wildman–Crippen LogP) is 4.44. The van der Waals surface area contributed by atoms with Gasteiger partial charge in [0.25, 0.3) is 0 Å². The first-order valence-corrected chi connectivity index (χ1v) is 10.8. The Kier molecular flexibility index (Phi) is 6.61. The zero-order chi connectivity index (χ0) is 22.5. The van der Waals surface area contributed by atoms with E-state index in [1.54, 1.807) is 11.6 Å². The third-order valence-corrected chi connectivity index (χ3v) is 5.73. The van der Waals surface area contributed by atoms with Gasteiger partial charge in [-0.1, -0.05) is 37.3 Å². The Bertz CT molecular complexity index is 1140. The van der Waals surface area contributed by atoms with Gasteiger partial charge >= 0.3 is 0 Å². The van der Waals surface area contributed by atoms with Crippen molar-refractivity contribution in [2.24, 2.45) is 16.3 Å². The number of hydroxylamine groups is 1. The molecule has 0 spiro atoms. The highest BCUT2D eigenvalue weighted by Crippen LogP contribution is 2.36. The van der Waals surface area contributed by atoms with Gasteiger partial charge in [0.05, 0.1) is 18.3 Å². The molecule has 3 heterocycles. The third kappa shape index (κ3) is 4.70. The lowest BCUT2D eigenvalue weighted by molar-refractivity contribution is -0.128. The van der Waals surface area contributed by atoms with Gasteiger partial charge < -0.3 is 4.57 Å². The number of para-hydroxylation sites is 1. The smallest absolute Gasteiger partial charge is 0.247 e. The number of rotatable bonds is 8. The molecule has 3 aromatic rings. The normalized spacial score (nSPS) is 15.8. The molecule has 166 valence electrons. The van der Waals surface area contributed by atoms with Crippen LogP contribution in [0.15, 0.2) is 77.0 Å². The highest BCUT2D eigenvalue weighted by atomic mass is 16.5. The van der Waals surface area contributed by atoms with Gasteiger partial charge in [0.2, 0.25) is 5.91 Å². The molecule has 8 nitrogen and oxygen atoms in total. The number of aryl methyl sites for hydroxylation is 2. The Morgan fingerprint density at radius 2 is 2.00 bits per heavy atom. The second kappa shape index (κ2) is 9.74. The van der Waals surface area contributed by atoms with Crippen LogP contribution in [0.4, 0.5) is 0 Å². The van der Waals surface area contributed by atoms with Gasteiger partial charge in [0.1, 0.15) is 0 Å². The molecular weight excluding hydrogens is 404 g/mol. The van der Waals surface area contributed by atoms with Crippen molar-refractivity contribution in [1.29, 1.82) is 0 Å². The maximum Gasteiger partial charge on any atom is 0.247 e. The summed E-state index contributed by atoms with van der Waals surface area (Å²) >= 11 is 0. The molecule has 0 fully saturated rings. The fraction of sp³-hybridized carbons (Fsp3) is 0.333. The highest BCUT2D eigenvalue weighted by Gasteiger charge is 2.30. The van der Waals surface area contributed by atoms with Crippen LogP contribution in [0.2, 0.25) is 0 Å². The summed E-state index contributed by atoms with van der Waals surface area (Å²) in [6.07, 6.45) is 6.33. The topological polar surface area (TPSA) is 95.1 Å². The lowest BCUT2D eigenvalue weighted by Gasteiger charge is -2.29. The SMILES string of the molecule is CC(C)C(c1cc2ccccc2n1CCc1ccncc1)N1C/C(=C/CC(=O)NO)N=N1. The molecular formula is C24H28N6O2. The van der Waals surface area contributed by atoms with E-state index in [0.29, 0.717) is 6.54 Å². The van der Waals surface area contributed by atoms with Crippen molar-refractivity contribution in [3.8, 4) is 0 Å². The number of pyridine rings is 1. The quantitative estimate of drug-likeness (QED) is 0.406. The van der Waals surface area contributed by atoms with Crippen molar-refractivity contribution in [2.75, 3.05) is 6.54 Å². The van der Waals surface area contributed by atoms with Crippen molar-refractivity contribution in [2.45, 2.75) is 39.3 Å². The van der Waals surface area contributed by atoms with E-state index in [0.717, 1.165) is 18.7 Å². The maximum atomic E-state index is 11.3. The first-order chi connectivity index (χ1) is 15.6. The molecule has 1 amide bonds. The fourth-order valence-electron chi connectivity index (χ4n) is 4.21. The first-order valence-electron chi connectivity index (χ1n) is 10.8. The third-order valence-electron chi connectivity index (χ3n) is 5.73. The standard InChI is InChI=1S/C24H28N6O2/c1-17(2)24(30-16-20(26-28-30)7-8-23(31)27-32)22-15-19-5-3-4-6-21(19)29(22)14-11-18-9-12-25-13-10-18/h3-7,9-10,12-13,15,17,24,32H,8,11,14,16H2,1-2H3,(H,27,31)/b20-7-. The van der Waals surface area contributed by atoms with Gasteiger partial charge in [-0.25, -0.2) is 5.48 Å². The minimum absolute atomic E-state index is 0.0289. The van der Waals surface area contributed by atoms with Crippen LogP contribution in [0.3, 0.4) is 0 Å². The predicted molar refractivity (Wildman–Crippen MR) is 122 cm³/mol. The molecule has 1 aromatic carbocycles. The van der Waals surface area contributed by atoms with Crippen molar-refractivity contribution in [1.82, 2.24) is 20.0 Å². The van der Waals surface area contributed by atoms with Crippen LogP contribution >= 0.6 is 0 Å². The van der Waals surface area contributed by atoms with E-state index >= 15 is 0 Å². The van der Waals surface area contributed by atoms with Gasteiger partial charge in [-0.05, 0) is 53.6 Å². The Hall–Kier alpha value is -3.52. The van der Waals surface area contributed by atoms with Crippen LogP contribution in [0.25, 0.3) is 10.9 Å². The largest absolute Gasteiger partial charge is 0.342 e. The van der Waals surface area contributed by atoms with Gasteiger partial charge in [0, 0.05) is 36.6 Å². The molecule has 1 aliphatic heterocycles. The van der Waals surface area contributed by atoms with E-state index in [2.05, 4.69) is 76.2 Å². The monoisotopic (exact) mass is 432 g/mol. The molecule has 32 heavy (non-hydrogen) atoms. The van der Waals surface area contributed by atoms with E-state index in [1.165, 1.54) is 22.2 Å². The molecule has 1 atom stereocenters. The number of benzene rings is 1. The number of nitrogens with zero attached hydrogens (tertiary/aromatic N) is 5. The summed E-state index contributed by atoms with van der Waals surface area (Å²) in [6.45, 7) is 5.74. The Morgan fingerprint density at radius 1 is 1.22 bits per heavy atom. The molecule has 1 unspecified atom stereocenters. The molecule has 0 saturated carbocycles. The average molecular weight is 433 g/mol. The van der Waals surface area contributed by atoms with E-state index in [4.69, 9.17) is 5.21 Å². The van der Waals surface area contributed by atoms with E-state index in [1.807, 2.05) is 17.4 Å². The van der Waals surface area contributed by atoms with Crippen molar-refractivity contribution >= 4 is 16.8 Å². The number of aromatic nitrogens is 2. The Balaban J connectivity index is 1.64. The summed E-state index contributed by atoms with van der Waals surface area (Å²) in [7, 11) is 0. The summed E-state index contributed by atoms with van der Waals surface area (Å²) in [5.41, 5.74) is 6.01. The molecule has 8 heteroatoms. The highest BCUT2D eigenvalue weighted by molar-refractivity contribution is 5.81. The zero-order valence-corrected chi connectivity index (χ0v) is 18.3. The summed E-state index contributed by atoms with van der Waals surface area (Å²) in [5.74, 6) is -0.180. The number of fused-ring (bicyclic) bond motifs is 1. The van der Waals surface area contributed by atoms with Crippen LogP contribution in [0, 0.1) is 5.92 Å². The fourth-order valence-corrected chi connectivity index (χ4v) is 4.21. The Labute approximate surface area is 187 Å². The molecule has 2 aromatic heterocycles. The van der Waals surface area contributed by atoms with Crippen LogP contribution in [-0.4, -0.2) is 32.2 Å². The van der Waals surface area contributed by atoms with E-state index in [9.17, 15) is 4.79 Å². The van der Waals surface area contributed by atoms with Crippen LogP contribution in [0.5, 0.6) is 0 Å². The van der Waals surface area contributed by atoms with Gasteiger partial charge in [-0.2, -0.15) is 0 Å². The van der Waals surface area contributed by atoms with Crippen LogP contribution in [-0.2, 0) is 17.8 Å². The molecule has 1 aliphatic rings. The van der Waals surface area contributed by atoms with Crippen molar-refractivity contribution in [3.63, 3.8) is 0 Å². The van der Waals surface area contributed by atoms with E-state index in [-0.39, 0.29) is 18.4 Å². The second-order valence-corrected chi connectivity index (χ2v) is 8.30. The molecule has 2 N–H and O–H groups in total. The van der Waals surface area contributed by atoms with Crippen LogP contribution < -0.4 is 5.48 Å². The van der Waals surface area contributed by atoms with Gasteiger partial charge in [-0.3, -0.25) is 20.0 Å². The number of carbonyl (C=O) groups is 1. The molecule has 0 bridgehead atoms. The van der Waals surface area contributed by atoms with Crippen molar-refractivity contribution in [3.05, 3.63) is 77.9 Å². The summed E-state index contributed by atoms with van der Waals surface area (Å²) in [4.78, 5) is 15.5. The maximum absolute atomic E-state index is 11.3. The summed E-state index contributed by atoms with van der Waals surface area (Å²) in [5, 5.41) is 20.6. The number of hydrogen-bond acceptors (Lipinski definition) is 6. The summed E-state index contributed by atoms with van der Waals surface area (Å²) < 4.78 is 2.39. The van der Waals surface area contributed by atoms with Gasteiger partial charge in [-0.15, -0.1) is 5.11 Å². The van der Waals surface area contributed by atoms with E-state index < -0.39 is 5.91 Å². The second-order valence-electron chi connectivity index (χ2n) is 8.30. The minimum atomic E-state index is -0.470. The average Bonchev–Trinajstić information content (AvgIpc) is 3.41. The number of carbonyl (C=O) groups excluding carboxylic acids is 1. The molecule has 4 rings (SSSR count). The summed E-state index contributed by atoms with van der Waals surface area (Å²) in [6, 6.07) is 14.8. The molecule has 0 aliphatic carbocycles. The van der Waals surface area contributed by atoms with Crippen LogP contribution in [0.1, 0.15) is 37.6 Å². The van der Waals surface area contributed by atoms with Crippen molar-refractivity contribution < 1.29 is 10.0 Å². The molecule has 0 saturated heterocycles. The Morgan fingerprint density at radius 3 is 2.75 bits per heavy atom. The number of nitrogens with one attached hydrogen (secondary N) is 1. The minimum Gasteiger partial charge on any atom is -0.342 e. The molecule has 0 radical (unpaired) electrons. The number of hydrogen-bond donors (Lipinski definition) is 2. The zero-order valence-electron chi connectivity index (χ0n) is 18.3. The van der Waals surface area contributed by atoms with Gasteiger partial charge in [0.15, 0.2) is 0 Å².